The van der Waals surface area contributed by atoms with Crippen LogP contribution in [0.4, 0.5) is 5.69 Å². The molecular weight excluding hydrogens is 346 g/mol. The van der Waals surface area contributed by atoms with Crippen LogP contribution in [-0.4, -0.2) is 56.0 Å². The lowest BCUT2D eigenvalue weighted by Gasteiger charge is -2.31. The second kappa shape index (κ2) is 6.96. The fourth-order valence-electron chi connectivity index (χ4n) is 4.33. The normalized spacial score (nSPS) is 29.8. The number of benzene rings is 1. The smallest absolute Gasteiger partial charge is 0.327 e. The van der Waals surface area contributed by atoms with Gasteiger partial charge in [0.25, 0.3) is 0 Å². The number of amides is 2. The van der Waals surface area contributed by atoms with Crippen LogP contribution in [0.5, 0.6) is 0 Å². The van der Waals surface area contributed by atoms with Crippen LogP contribution in [0.25, 0.3) is 0 Å². The standard InChI is InChI=1S/C20H27N3O4/c1-6-20(19(26)27-7-2)15-14(17(24)23(5)18(15)25)16(21-20)12-8-10-13(11-9-12)22(3)4/h8-11,14-16,21H,6-7H2,1-5H3/t14-,15-,16-,20-/m0/s1. The molecule has 2 aliphatic rings. The Labute approximate surface area is 159 Å². The highest BCUT2D eigenvalue weighted by atomic mass is 16.5. The van der Waals surface area contributed by atoms with Crippen molar-refractivity contribution < 1.29 is 19.1 Å². The lowest BCUT2D eigenvalue weighted by Crippen LogP contribution is -2.55. The number of imide groups is 1. The number of ether oxygens (including phenoxy) is 1. The Morgan fingerprint density at radius 1 is 1.19 bits per heavy atom. The number of anilines is 1. The van der Waals surface area contributed by atoms with Crippen molar-refractivity contribution in [1.82, 2.24) is 10.2 Å². The van der Waals surface area contributed by atoms with Crippen molar-refractivity contribution in [3.8, 4) is 0 Å². The van der Waals surface area contributed by atoms with Crippen LogP contribution in [0.15, 0.2) is 24.3 Å². The van der Waals surface area contributed by atoms with E-state index >= 15 is 0 Å². The van der Waals surface area contributed by atoms with Crippen molar-refractivity contribution in [1.29, 1.82) is 0 Å². The van der Waals surface area contributed by atoms with E-state index in [-0.39, 0.29) is 18.4 Å². The van der Waals surface area contributed by atoms with E-state index in [1.807, 2.05) is 50.2 Å². The van der Waals surface area contributed by atoms with Crippen LogP contribution < -0.4 is 10.2 Å². The van der Waals surface area contributed by atoms with Gasteiger partial charge in [-0.2, -0.15) is 0 Å². The quantitative estimate of drug-likeness (QED) is 0.620. The summed E-state index contributed by atoms with van der Waals surface area (Å²) in [5.41, 5.74) is 0.723. The minimum absolute atomic E-state index is 0.222. The zero-order valence-electron chi connectivity index (χ0n) is 16.5. The highest BCUT2D eigenvalue weighted by molar-refractivity contribution is 6.09. The van der Waals surface area contributed by atoms with Crippen molar-refractivity contribution in [3.63, 3.8) is 0 Å². The molecule has 0 bridgehead atoms. The van der Waals surface area contributed by atoms with Crippen LogP contribution in [-0.2, 0) is 19.1 Å². The maximum absolute atomic E-state index is 12.9. The molecule has 4 atom stereocenters. The molecule has 0 radical (unpaired) electrons. The molecule has 0 aromatic heterocycles. The van der Waals surface area contributed by atoms with Gasteiger partial charge in [0.1, 0.15) is 5.54 Å². The minimum Gasteiger partial charge on any atom is -0.465 e. The maximum atomic E-state index is 12.9. The van der Waals surface area contributed by atoms with Gasteiger partial charge in [-0.3, -0.25) is 24.6 Å². The molecule has 1 N–H and O–H groups in total. The molecule has 2 fully saturated rings. The second-order valence-electron chi connectivity index (χ2n) is 7.39. The zero-order valence-corrected chi connectivity index (χ0v) is 16.5. The number of likely N-dealkylation sites (tertiary alicyclic amines) is 1. The van der Waals surface area contributed by atoms with E-state index < -0.39 is 29.4 Å². The van der Waals surface area contributed by atoms with E-state index in [0.29, 0.717) is 6.42 Å². The number of fused-ring (bicyclic) bond motifs is 1. The van der Waals surface area contributed by atoms with Crippen LogP contribution in [0.1, 0.15) is 31.9 Å². The van der Waals surface area contributed by atoms with E-state index in [4.69, 9.17) is 4.74 Å². The lowest BCUT2D eigenvalue weighted by molar-refractivity contribution is -0.156. The Bertz CT molecular complexity index is 761. The Kier molecular flexibility index (Phi) is 4.99. The van der Waals surface area contributed by atoms with E-state index in [1.165, 1.54) is 7.05 Å². The van der Waals surface area contributed by atoms with Gasteiger partial charge in [-0.15, -0.1) is 0 Å². The molecule has 1 aromatic carbocycles. The molecule has 3 rings (SSSR count). The molecule has 2 saturated heterocycles. The van der Waals surface area contributed by atoms with Gasteiger partial charge < -0.3 is 9.64 Å². The summed E-state index contributed by atoms with van der Waals surface area (Å²) >= 11 is 0. The molecule has 1 aromatic rings. The Hall–Kier alpha value is -2.41. The summed E-state index contributed by atoms with van der Waals surface area (Å²) in [6.07, 6.45) is 0.367. The van der Waals surface area contributed by atoms with E-state index in [2.05, 4.69) is 5.32 Å². The zero-order chi connectivity index (χ0) is 19.9. The number of hydrogen-bond donors (Lipinski definition) is 1. The van der Waals surface area contributed by atoms with E-state index in [0.717, 1.165) is 16.2 Å². The summed E-state index contributed by atoms with van der Waals surface area (Å²) in [7, 11) is 5.40. The molecule has 7 heteroatoms. The summed E-state index contributed by atoms with van der Waals surface area (Å²) in [5.74, 6) is -2.40. The third kappa shape index (κ3) is 2.81. The summed E-state index contributed by atoms with van der Waals surface area (Å²) in [5, 5.41) is 3.33. The lowest BCUT2D eigenvalue weighted by atomic mass is 9.78. The molecule has 0 saturated carbocycles. The van der Waals surface area contributed by atoms with Gasteiger partial charge in [0.05, 0.1) is 18.4 Å². The summed E-state index contributed by atoms with van der Waals surface area (Å²) in [4.78, 5) is 41.7. The van der Waals surface area contributed by atoms with Gasteiger partial charge in [0, 0.05) is 32.9 Å². The van der Waals surface area contributed by atoms with Crippen LogP contribution >= 0.6 is 0 Å². The first-order chi connectivity index (χ1) is 12.8. The molecule has 27 heavy (non-hydrogen) atoms. The van der Waals surface area contributed by atoms with Gasteiger partial charge in [-0.05, 0) is 31.0 Å². The Balaban J connectivity index is 2.06. The maximum Gasteiger partial charge on any atom is 0.327 e. The van der Waals surface area contributed by atoms with Gasteiger partial charge in [-0.25, -0.2) is 0 Å². The number of hydrogen-bond acceptors (Lipinski definition) is 6. The van der Waals surface area contributed by atoms with Crippen LogP contribution in [0, 0.1) is 11.8 Å². The third-order valence-electron chi connectivity index (χ3n) is 5.84. The van der Waals surface area contributed by atoms with Crippen molar-refractivity contribution >= 4 is 23.5 Å². The van der Waals surface area contributed by atoms with Gasteiger partial charge in [0.2, 0.25) is 11.8 Å². The van der Waals surface area contributed by atoms with Crippen molar-refractivity contribution in [3.05, 3.63) is 29.8 Å². The minimum atomic E-state index is -1.19. The van der Waals surface area contributed by atoms with Crippen molar-refractivity contribution in [2.75, 3.05) is 32.6 Å². The first kappa shape index (κ1) is 19.4. The predicted molar refractivity (Wildman–Crippen MR) is 101 cm³/mol. The number of carbonyl (C=O) groups excluding carboxylic acids is 3. The van der Waals surface area contributed by atoms with Crippen molar-refractivity contribution in [2.45, 2.75) is 31.8 Å². The van der Waals surface area contributed by atoms with Crippen LogP contribution in [0.2, 0.25) is 0 Å². The highest BCUT2D eigenvalue weighted by Crippen LogP contribution is 2.50. The number of nitrogens with zero attached hydrogens (tertiary/aromatic N) is 2. The monoisotopic (exact) mass is 373 g/mol. The third-order valence-corrected chi connectivity index (χ3v) is 5.84. The molecule has 0 unspecified atom stereocenters. The molecule has 0 spiro atoms. The summed E-state index contributed by atoms with van der Waals surface area (Å²) in [6, 6.07) is 7.39. The Morgan fingerprint density at radius 3 is 2.33 bits per heavy atom. The van der Waals surface area contributed by atoms with Crippen LogP contribution in [0.3, 0.4) is 0 Å². The molecule has 7 nitrogen and oxygen atoms in total. The summed E-state index contributed by atoms with van der Waals surface area (Å²) < 4.78 is 5.29. The first-order valence-corrected chi connectivity index (χ1v) is 9.32. The molecular formula is C20H27N3O4. The number of esters is 1. The van der Waals surface area contributed by atoms with Gasteiger partial charge in [-0.1, -0.05) is 19.1 Å². The SMILES string of the molecule is CCOC(=O)[C@@]1(CC)N[C@@H](c2ccc(N(C)C)cc2)[C@H]2C(=O)N(C)C(=O)[C@H]21. The first-order valence-electron chi connectivity index (χ1n) is 9.32. The number of nitrogens with one attached hydrogen (secondary N) is 1. The van der Waals surface area contributed by atoms with Gasteiger partial charge >= 0.3 is 5.97 Å². The fourth-order valence-corrected chi connectivity index (χ4v) is 4.33. The average molecular weight is 373 g/mol. The Morgan fingerprint density at radius 2 is 1.81 bits per heavy atom. The summed E-state index contributed by atoms with van der Waals surface area (Å²) in [6.45, 7) is 3.80. The number of carbonyl (C=O) groups is 3. The number of rotatable bonds is 5. The molecule has 2 aliphatic heterocycles. The largest absolute Gasteiger partial charge is 0.465 e. The molecule has 2 amide bonds. The highest BCUT2D eigenvalue weighted by Gasteiger charge is 2.67. The second-order valence-corrected chi connectivity index (χ2v) is 7.39. The molecule has 2 heterocycles. The topological polar surface area (TPSA) is 79.0 Å². The molecule has 0 aliphatic carbocycles. The fraction of sp³-hybridized carbons (Fsp3) is 0.550. The van der Waals surface area contributed by atoms with Gasteiger partial charge in [0.15, 0.2) is 0 Å². The van der Waals surface area contributed by atoms with E-state index in [1.54, 1.807) is 6.92 Å². The van der Waals surface area contributed by atoms with E-state index in [9.17, 15) is 14.4 Å². The van der Waals surface area contributed by atoms with Crippen molar-refractivity contribution in [2.24, 2.45) is 11.8 Å². The molecule has 146 valence electrons. The predicted octanol–water partition coefficient (Wildman–Crippen LogP) is 1.34. The average Bonchev–Trinajstić information content (AvgIpc) is 3.12.